The quantitative estimate of drug-likeness (QED) is 0.495. The molecule has 1 atom stereocenters. The van der Waals surface area contributed by atoms with Gasteiger partial charge in [-0.25, -0.2) is 0 Å². The summed E-state index contributed by atoms with van der Waals surface area (Å²) >= 11 is 0. The van der Waals surface area contributed by atoms with Crippen LogP contribution in [0.4, 0.5) is 0 Å². The Labute approximate surface area is 126 Å². The van der Waals surface area contributed by atoms with Crippen LogP contribution in [-0.2, 0) is 6.42 Å². The largest absolute Gasteiger partial charge is 0.304 e. The SMILES string of the molecule is CCCCCCC(C)N(C)CCCCc1ccccc1. The van der Waals surface area contributed by atoms with Gasteiger partial charge >= 0.3 is 0 Å². The van der Waals surface area contributed by atoms with E-state index in [0.29, 0.717) is 0 Å². The lowest BCUT2D eigenvalue weighted by Crippen LogP contribution is -2.30. The van der Waals surface area contributed by atoms with Crippen molar-refractivity contribution in [1.82, 2.24) is 4.90 Å². The number of aryl methyl sites for hydroxylation is 1. The summed E-state index contributed by atoms with van der Waals surface area (Å²) in [6.45, 7) is 5.90. The molecule has 0 spiro atoms. The first-order chi connectivity index (χ1) is 9.74. The first-order valence-corrected chi connectivity index (χ1v) is 8.48. The third kappa shape index (κ3) is 7.69. The molecule has 1 heteroatoms. The van der Waals surface area contributed by atoms with Gasteiger partial charge in [-0.2, -0.15) is 0 Å². The summed E-state index contributed by atoms with van der Waals surface area (Å²) in [5, 5.41) is 0. The lowest BCUT2D eigenvalue weighted by atomic mass is 10.1. The van der Waals surface area contributed by atoms with Gasteiger partial charge in [0.05, 0.1) is 0 Å². The van der Waals surface area contributed by atoms with Crippen LogP contribution < -0.4 is 0 Å². The summed E-state index contributed by atoms with van der Waals surface area (Å²) in [5.74, 6) is 0. The summed E-state index contributed by atoms with van der Waals surface area (Å²) in [5.41, 5.74) is 1.47. The third-order valence-electron chi connectivity index (χ3n) is 4.30. The number of benzene rings is 1. The Morgan fingerprint density at radius 3 is 2.40 bits per heavy atom. The van der Waals surface area contributed by atoms with Gasteiger partial charge in [-0.05, 0) is 51.8 Å². The maximum absolute atomic E-state index is 2.54. The van der Waals surface area contributed by atoms with Crippen LogP contribution in [0.2, 0.25) is 0 Å². The van der Waals surface area contributed by atoms with E-state index in [4.69, 9.17) is 0 Å². The topological polar surface area (TPSA) is 3.24 Å². The van der Waals surface area contributed by atoms with Crippen molar-refractivity contribution in [2.45, 2.75) is 71.3 Å². The molecule has 1 rings (SSSR count). The van der Waals surface area contributed by atoms with Crippen molar-refractivity contribution < 1.29 is 0 Å². The number of nitrogens with zero attached hydrogens (tertiary/aromatic N) is 1. The lowest BCUT2D eigenvalue weighted by molar-refractivity contribution is 0.237. The molecular weight excluding hydrogens is 242 g/mol. The molecule has 0 heterocycles. The van der Waals surface area contributed by atoms with E-state index >= 15 is 0 Å². The smallest absolute Gasteiger partial charge is 0.00638 e. The van der Waals surface area contributed by atoms with Crippen molar-refractivity contribution in [3.8, 4) is 0 Å². The molecule has 0 N–H and O–H groups in total. The first kappa shape index (κ1) is 17.2. The Balaban J connectivity index is 2.05. The minimum absolute atomic E-state index is 0.739. The molecule has 1 aromatic rings. The molecular formula is C19H33N. The van der Waals surface area contributed by atoms with Crippen LogP contribution in [0.25, 0.3) is 0 Å². The van der Waals surface area contributed by atoms with E-state index < -0.39 is 0 Å². The van der Waals surface area contributed by atoms with Gasteiger partial charge in [0.1, 0.15) is 0 Å². The Hall–Kier alpha value is -0.820. The fourth-order valence-corrected chi connectivity index (χ4v) is 2.64. The molecule has 0 saturated carbocycles. The van der Waals surface area contributed by atoms with E-state index in [2.05, 4.69) is 56.1 Å². The van der Waals surface area contributed by atoms with Crippen LogP contribution in [0.5, 0.6) is 0 Å². The third-order valence-corrected chi connectivity index (χ3v) is 4.30. The minimum Gasteiger partial charge on any atom is -0.304 e. The van der Waals surface area contributed by atoms with Crippen molar-refractivity contribution >= 4 is 0 Å². The van der Waals surface area contributed by atoms with Gasteiger partial charge in [-0.3, -0.25) is 0 Å². The molecule has 0 amide bonds. The van der Waals surface area contributed by atoms with Crippen molar-refractivity contribution in [3.05, 3.63) is 35.9 Å². The van der Waals surface area contributed by atoms with Gasteiger partial charge in [0.2, 0.25) is 0 Å². The predicted molar refractivity (Wildman–Crippen MR) is 90.2 cm³/mol. The van der Waals surface area contributed by atoms with E-state index in [0.717, 1.165) is 6.04 Å². The van der Waals surface area contributed by atoms with Gasteiger partial charge in [0, 0.05) is 6.04 Å². The number of rotatable bonds is 11. The molecule has 0 radical (unpaired) electrons. The normalized spacial score (nSPS) is 12.8. The number of unbranched alkanes of at least 4 members (excludes halogenated alkanes) is 4. The standard InChI is InChI=1S/C19H33N/c1-4-5-6-8-13-18(2)20(3)17-12-11-16-19-14-9-7-10-15-19/h7,9-10,14-15,18H,4-6,8,11-13,16-17H2,1-3H3. The summed E-state index contributed by atoms with van der Waals surface area (Å²) in [7, 11) is 2.28. The minimum atomic E-state index is 0.739. The van der Waals surface area contributed by atoms with Gasteiger partial charge in [-0.1, -0.05) is 62.9 Å². The van der Waals surface area contributed by atoms with Gasteiger partial charge in [-0.15, -0.1) is 0 Å². The number of hydrogen-bond acceptors (Lipinski definition) is 1. The maximum atomic E-state index is 2.54. The molecule has 114 valence electrons. The second-order valence-electron chi connectivity index (χ2n) is 6.12. The second kappa shape index (κ2) is 10.9. The zero-order valence-electron chi connectivity index (χ0n) is 13.8. The van der Waals surface area contributed by atoms with Crippen molar-refractivity contribution in [1.29, 1.82) is 0 Å². The monoisotopic (exact) mass is 275 g/mol. The molecule has 20 heavy (non-hydrogen) atoms. The highest BCUT2D eigenvalue weighted by Gasteiger charge is 2.08. The first-order valence-electron chi connectivity index (χ1n) is 8.48. The van der Waals surface area contributed by atoms with Crippen LogP contribution in [0.3, 0.4) is 0 Å². The highest BCUT2D eigenvalue weighted by Crippen LogP contribution is 2.11. The Bertz CT molecular complexity index is 320. The fourth-order valence-electron chi connectivity index (χ4n) is 2.64. The van der Waals surface area contributed by atoms with Crippen LogP contribution >= 0.6 is 0 Å². The predicted octanol–water partition coefficient (Wildman–Crippen LogP) is 5.30. The highest BCUT2D eigenvalue weighted by atomic mass is 15.1. The molecule has 0 fully saturated rings. The van der Waals surface area contributed by atoms with E-state index in [1.165, 1.54) is 63.5 Å². The molecule has 0 bridgehead atoms. The average molecular weight is 275 g/mol. The van der Waals surface area contributed by atoms with Crippen molar-refractivity contribution in [3.63, 3.8) is 0 Å². The zero-order valence-corrected chi connectivity index (χ0v) is 13.8. The lowest BCUT2D eigenvalue weighted by Gasteiger charge is -2.24. The van der Waals surface area contributed by atoms with Gasteiger partial charge < -0.3 is 4.90 Å². The Morgan fingerprint density at radius 2 is 1.70 bits per heavy atom. The zero-order chi connectivity index (χ0) is 14.6. The van der Waals surface area contributed by atoms with E-state index in [-0.39, 0.29) is 0 Å². The molecule has 1 nitrogen and oxygen atoms in total. The highest BCUT2D eigenvalue weighted by molar-refractivity contribution is 5.14. The number of hydrogen-bond donors (Lipinski definition) is 0. The summed E-state index contributed by atoms with van der Waals surface area (Å²) in [4.78, 5) is 2.54. The average Bonchev–Trinajstić information content (AvgIpc) is 2.48. The molecule has 0 aliphatic rings. The van der Waals surface area contributed by atoms with E-state index in [9.17, 15) is 0 Å². The van der Waals surface area contributed by atoms with Gasteiger partial charge in [0.15, 0.2) is 0 Å². The molecule has 0 aliphatic heterocycles. The Morgan fingerprint density at radius 1 is 0.950 bits per heavy atom. The van der Waals surface area contributed by atoms with E-state index in [1.807, 2.05) is 0 Å². The van der Waals surface area contributed by atoms with Crippen molar-refractivity contribution in [2.24, 2.45) is 0 Å². The van der Waals surface area contributed by atoms with Crippen LogP contribution in [0, 0.1) is 0 Å². The van der Waals surface area contributed by atoms with Crippen LogP contribution in [-0.4, -0.2) is 24.5 Å². The molecule has 1 aromatic carbocycles. The fraction of sp³-hybridized carbons (Fsp3) is 0.684. The Kier molecular flexibility index (Phi) is 9.40. The van der Waals surface area contributed by atoms with Crippen LogP contribution in [0.1, 0.15) is 64.4 Å². The maximum Gasteiger partial charge on any atom is 0.00638 e. The molecule has 0 aliphatic carbocycles. The summed E-state index contributed by atoms with van der Waals surface area (Å²) < 4.78 is 0. The molecule has 1 unspecified atom stereocenters. The van der Waals surface area contributed by atoms with Crippen LogP contribution in [0.15, 0.2) is 30.3 Å². The second-order valence-corrected chi connectivity index (χ2v) is 6.12. The molecule has 0 aromatic heterocycles. The molecule has 0 saturated heterocycles. The summed E-state index contributed by atoms with van der Waals surface area (Å²) in [6, 6.07) is 11.6. The van der Waals surface area contributed by atoms with Gasteiger partial charge in [0.25, 0.3) is 0 Å². The van der Waals surface area contributed by atoms with E-state index in [1.54, 1.807) is 0 Å². The van der Waals surface area contributed by atoms with Crippen molar-refractivity contribution in [2.75, 3.05) is 13.6 Å². The summed E-state index contributed by atoms with van der Waals surface area (Å²) in [6.07, 6.45) is 10.7.